The Bertz CT molecular complexity index is 456. The largest absolute Gasteiger partial charge is 0.308 e. The Balaban J connectivity index is 1.59. The van der Waals surface area contributed by atoms with Gasteiger partial charge in [-0.1, -0.05) is 12.1 Å². The number of halogens is 1. The molecule has 104 valence electrons. The monoisotopic (exact) mass is 262 g/mol. The third kappa shape index (κ3) is 2.67. The molecule has 2 nitrogen and oxygen atoms in total. The van der Waals surface area contributed by atoms with E-state index in [1.54, 1.807) is 6.07 Å². The zero-order valence-corrected chi connectivity index (χ0v) is 11.8. The van der Waals surface area contributed by atoms with E-state index in [1.807, 2.05) is 6.07 Å². The molecule has 0 heterocycles. The van der Waals surface area contributed by atoms with Gasteiger partial charge in [-0.05, 0) is 56.8 Å². The minimum atomic E-state index is -0.0371. The van der Waals surface area contributed by atoms with Gasteiger partial charge in [0.05, 0.1) is 0 Å². The Morgan fingerprint density at radius 2 is 2.16 bits per heavy atom. The molecule has 2 unspecified atom stereocenters. The maximum Gasteiger partial charge on any atom is 0.126 e. The zero-order valence-electron chi connectivity index (χ0n) is 11.8. The molecule has 0 saturated heterocycles. The van der Waals surface area contributed by atoms with Crippen molar-refractivity contribution >= 4 is 0 Å². The van der Waals surface area contributed by atoms with Crippen molar-refractivity contribution in [1.29, 1.82) is 0 Å². The van der Waals surface area contributed by atoms with Gasteiger partial charge in [-0.3, -0.25) is 4.90 Å². The van der Waals surface area contributed by atoms with Crippen molar-refractivity contribution in [2.45, 2.75) is 50.7 Å². The fraction of sp³-hybridized carbons (Fsp3) is 0.625. The average Bonchev–Trinajstić information content (AvgIpc) is 3.17. The highest BCUT2D eigenvalue weighted by molar-refractivity contribution is 5.35. The van der Waals surface area contributed by atoms with Crippen molar-refractivity contribution in [3.8, 4) is 0 Å². The molecular formula is C16H23FN2. The molecule has 3 rings (SSSR count). The molecule has 1 fully saturated rings. The number of rotatable bonds is 5. The first-order chi connectivity index (χ1) is 9.16. The smallest absolute Gasteiger partial charge is 0.126 e. The number of nitrogens with one attached hydrogen (secondary N) is 1. The van der Waals surface area contributed by atoms with Gasteiger partial charge in [0, 0.05) is 24.7 Å². The van der Waals surface area contributed by atoms with Crippen molar-refractivity contribution in [3.63, 3.8) is 0 Å². The molecule has 0 radical (unpaired) electrons. The van der Waals surface area contributed by atoms with Crippen LogP contribution in [0.4, 0.5) is 4.39 Å². The molecule has 2 aliphatic rings. The first-order valence-electron chi connectivity index (χ1n) is 7.39. The first-order valence-corrected chi connectivity index (χ1v) is 7.39. The summed E-state index contributed by atoms with van der Waals surface area (Å²) in [6.07, 6.45) is 4.58. The van der Waals surface area contributed by atoms with Gasteiger partial charge in [0.25, 0.3) is 0 Å². The highest BCUT2D eigenvalue weighted by Gasteiger charge is 2.30. The van der Waals surface area contributed by atoms with Gasteiger partial charge >= 0.3 is 0 Å². The van der Waals surface area contributed by atoms with Crippen LogP contribution in [0.3, 0.4) is 0 Å². The lowest BCUT2D eigenvalue weighted by atomic mass is 10.1. The maximum absolute atomic E-state index is 13.7. The third-order valence-corrected chi connectivity index (χ3v) is 4.69. The number of likely N-dealkylation sites (N-methyl/N-ethyl adjacent to an activating group) is 1. The summed E-state index contributed by atoms with van der Waals surface area (Å²) in [5.41, 5.74) is 2.09. The van der Waals surface area contributed by atoms with E-state index in [9.17, 15) is 4.39 Å². The molecule has 2 atom stereocenters. The summed E-state index contributed by atoms with van der Waals surface area (Å²) in [7, 11) is 2.21. The molecular weight excluding hydrogens is 239 g/mol. The van der Waals surface area contributed by atoms with Gasteiger partial charge in [0.15, 0.2) is 0 Å². The van der Waals surface area contributed by atoms with Crippen LogP contribution in [-0.2, 0) is 6.42 Å². The predicted octanol–water partition coefficient (Wildman–Crippen LogP) is 2.89. The number of nitrogens with zero attached hydrogens (tertiary/aromatic N) is 1. The van der Waals surface area contributed by atoms with Crippen LogP contribution in [0.25, 0.3) is 0 Å². The number of benzene rings is 1. The molecule has 1 aromatic rings. The van der Waals surface area contributed by atoms with Crippen molar-refractivity contribution in [3.05, 3.63) is 35.1 Å². The molecule has 19 heavy (non-hydrogen) atoms. The summed E-state index contributed by atoms with van der Waals surface area (Å²) >= 11 is 0. The molecule has 0 amide bonds. The molecule has 2 aliphatic carbocycles. The summed E-state index contributed by atoms with van der Waals surface area (Å²) in [4.78, 5) is 2.47. The van der Waals surface area contributed by atoms with E-state index in [0.717, 1.165) is 31.0 Å². The third-order valence-electron chi connectivity index (χ3n) is 4.69. The summed E-state index contributed by atoms with van der Waals surface area (Å²) < 4.78 is 13.7. The van der Waals surface area contributed by atoms with Crippen LogP contribution in [0.5, 0.6) is 0 Å². The van der Waals surface area contributed by atoms with Crippen LogP contribution in [0.2, 0.25) is 0 Å². The molecule has 0 spiro atoms. The van der Waals surface area contributed by atoms with Crippen molar-refractivity contribution in [1.82, 2.24) is 10.2 Å². The highest BCUT2D eigenvalue weighted by Crippen LogP contribution is 2.33. The quantitative estimate of drug-likeness (QED) is 0.878. The van der Waals surface area contributed by atoms with Gasteiger partial charge in [-0.25, -0.2) is 4.39 Å². The second-order valence-electron chi connectivity index (χ2n) is 6.05. The Hall–Kier alpha value is -0.930. The normalized spacial score (nSPS) is 23.7. The Kier molecular flexibility index (Phi) is 3.59. The summed E-state index contributed by atoms with van der Waals surface area (Å²) in [5, 5.41) is 3.62. The van der Waals surface area contributed by atoms with Crippen LogP contribution in [0.1, 0.15) is 43.4 Å². The fourth-order valence-electron chi connectivity index (χ4n) is 3.12. The average molecular weight is 262 g/mol. The lowest BCUT2D eigenvalue weighted by molar-refractivity contribution is 0.235. The van der Waals surface area contributed by atoms with Crippen LogP contribution in [0, 0.1) is 5.82 Å². The molecule has 0 aromatic heterocycles. The van der Waals surface area contributed by atoms with E-state index in [-0.39, 0.29) is 5.82 Å². The molecule has 0 aliphatic heterocycles. The number of hydrogen-bond acceptors (Lipinski definition) is 2. The van der Waals surface area contributed by atoms with Gasteiger partial charge in [-0.2, -0.15) is 0 Å². The second-order valence-corrected chi connectivity index (χ2v) is 6.05. The summed E-state index contributed by atoms with van der Waals surface area (Å²) in [6.45, 7) is 3.25. The lowest BCUT2D eigenvalue weighted by Crippen LogP contribution is -2.40. The van der Waals surface area contributed by atoms with Crippen molar-refractivity contribution in [2.75, 3.05) is 13.6 Å². The molecule has 1 saturated carbocycles. The van der Waals surface area contributed by atoms with E-state index in [0.29, 0.717) is 12.1 Å². The molecule has 1 aromatic carbocycles. The van der Waals surface area contributed by atoms with Crippen LogP contribution in [0.15, 0.2) is 18.2 Å². The molecule has 1 N–H and O–H groups in total. The predicted molar refractivity (Wildman–Crippen MR) is 75.7 cm³/mol. The van der Waals surface area contributed by atoms with E-state index in [1.165, 1.54) is 18.4 Å². The first kappa shape index (κ1) is 13.1. The summed E-state index contributed by atoms with van der Waals surface area (Å²) in [6, 6.07) is 7.15. The standard InChI is InChI=1S/C16H23FN2/c1-11(19(2)12-6-7-12)10-18-16-9-8-13-14(16)4-3-5-15(13)17/h3-5,11-12,16,18H,6-10H2,1-2H3. The summed E-state index contributed by atoms with van der Waals surface area (Å²) in [5.74, 6) is -0.0371. The highest BCUT2D eigenvalue weighted by atomic mass is 19.1. The van der Waals surface area contributed by atoms with E-state index in [4.69, 9.17) is 0 Å². The number of fused-ring (bicyclic) bond motifs is 1. The SMILES string of the molecule is CC(CNC1CCc2c(F)cccc21)N(C)C1CC1. The van der Waals surface area contributed by atoms with E-state index < -0.39 is 0 Å². The van der Waals surface area contributed by atoms with Gasteiger partial charge in [0.1, 0.15) is 5.82 Å². The topological polar surface area (TPSA) is 15.3 Å². The van der Waals surface area contributed by atoms with Crippen LogP contribution in [-0.4, -0.2) is 30.6 Å². The van der Waals surface area contributed by atoms with Crippen LogP contribution < -0.4 is 5.32 Å². The van der Waals surface area contributed by atoms with Gasteiger partial charge in [-0.15, -0.1) is 0 Å². The maximum atomic E-state index is 13.7. The molecule has 3 heteroatoms. The van der Waals surface area contributed by atoms with Crippen LogP contribution >= 0.6 is 0 Å². The lowest BCUT2D eigenvalue weighted by Gasteiger charge is -2.26. The Labute approximate surface area is 115 Å². The minimum Gasteiger partial charge on any atom is -0.308 e. The Morgan fingerprint density at radius 3 is 2.89 bits per heavy atom. The fourth-order valence-corrected chi connectivity index (χ4v) is 3.12. The molecule has 0 bridgehead atoms. The van der Waals surface area contributed by atoms with Gasteiger partial charge in [0.2, 0.25) is 0 Å². The van der Waals surface area contributed by atoms with Crippen molar-refractivity contribution in [2.24, 2.45) is 0 Å². The van der Waals surface area contributed by atoms with Crippen molar-refractivity contribution < 1.29 is 4.39 Å². The van der Waals surface area contributed by atoms with E-state index >= 15 is 0 Å². The van der Waals surface area contributed by atoms with Gasteiger partial charge < -0.3 is 5.32 Å². The Morgan fingerprint density at radius 1 is 1.37 bits per heavy atom. The van der Waals surface area contributed by atoms with E-state index in [2.05, 4.69) is 30.3 Å². The number of hydrogen-bond donors (Lipinski definition) is 1. The minimum absolute atomic E-state index is 0.0371. The second kappa shape index (κ2) is 5.22. The zero-order chi connectivity index (χ0) is 13.4.